The molecular weight excluding hydrogens is 568 g/mol. The maximum atomic E-state index is 14.0. The summed E-state index contributed by atoms with van der Waals surface area (Å²) in [6.45, 7) is 0.948. The van der Waals surface area contributed by atoms with Gasteiger partial charge in [0.05, 0.1) is 33.7 Å². The highest BCUT2D eigenvalue weighted by molar-refractivity contribution is 5.88. The maximum absolute atomic E-state index is 14.0. The lowest BCUT2D eigenvalue weighted by molar-refractivity contribution is -0.142. The van der Waals surface area contributed by atoms with Crippen molar-refractivity contribution in [1.29, 1.82) is 0 Å². The standard InChI is InChI=1S/C31H36N6O7/c1-40-23-11-9-22(10-12-23)30-33-35-37(34-30)20-28(38)36(15-14-21-8-13-25(41-2)27(18-21)42-3)29(26-7-5-17-44-26)31(39)32-19-24-6-4-16-43-24/h5,7-13,17-18,24,29H,4,6,14-16,19-20H2,1-3H3,(H,32,39)/t24-,29+/m1/s1. The predicted molar refractivity (Wildman–Crippen MR) is 158 cm³/mol. The van der Waals surface area contributed by atoms with E-state index in [4.69, 9.17) is 23.4 Å². The van der Waals surface area contributed by atoms with E-state index in [1.807, 2.05) is 24.3 Å². The van der Waals surface area contributed by atoms with E-state index < -0.39 is 11.9 Å². The van der Waals surface area contributed by atoms with Crippen molar-refractivity contribution in [1.82, 2.24) is 30.4 Å². The Morgan fingerprint density at radius 3 is 2.57 bits per heavy atom. The largest absolute Gasteiger partial charge is 0.497 e. The van der Waals surface area contributed by atoms with Gasteiger partial charge in [-0.25, -0.2) is 0 Å². The van der Waals surface area contributed by atoms with Crippen LogP contribution in [-0.2, 0) is 27.3 Å². The van der Waals surface area contributed by atoms with E-state index in [0.29, 0.717) is 48.4 Å². The Morgan fingerprint density at radius 1 is 1.07 bits per heavy atom. The van der Waals surface area contributed by atoms with Gasteiger partial charge in [0, 0.05) is 25.3 Å². The number of nitrogens with one attached hydrogen (secondary N) is 1. The number of amides is 2. The normalized spacial score (nSPS) is 15.0. The minimum atomic E-state index is -1.04. The average molecular weight is 605 g/mol. The third kappa shape index (κ3) is 7.35. The van der Waals surface area contributed by atoms with Crippen molar-refractivity contribution in [2.45, 2.75) is 38.0 Å². The number of hydrogen-bond acceptors (Lipinski definition) is 10. The Kier molecular flexibility index (Phi) is 10.1. The molecule has 3 heterocycles. The lowest BCUT2D eigenvalue weighted by Crippen LogP contribution is -2.47. The molecule has 1 aliphatic heterocycles. The van der Waals surface area contributed by atoms with Gasteiger partial charge in [-0.15, -0.1) is 10.2 Å². The zero-order valence-electron chi connectivity index (χ0n) is 25.0. The Hall–Kier alpha value is -4.91. The molecule has 44 heavy (non-hydrogen) atoms. The van der Waals surface area contributed by atoms with Gasteiger partial charge in [0.25, 0.3) is 5.91 Å². The molecule has 232 valence electrons. The molecule has 0 bridgehead atoms. The molecule has 2 aromatic carbocycles. The van der Waals surface area contributed by atoms with Crippen molar-refractivity contribution >= 4 is 11.8 Å². The van der Waals surface area contributed by atoms with E-state index in [1.165, 1.54) is 16.0 Å². The average Bonchev–Trinajstić information content (AvgIpc) is 3.86. The van der Waals surface area contributed by atoms with Crippen LogP contribution >= 0.6 is 0 Å². The molecule has 13 nitrogen and oxygen atoms in total. The molecule has 0 saturated carbocycles. The van der Waals surface area contributed by atoms with E-state index in [2.05, 4.69) is 20.7 Å². The summed E-state index contributed by atoms with van der Waals surface area (Å²) < 4.78 is 27.4. The van der Waals surface area contributed by atoms with Crippen molar-refractivity contribution < 1.29 is 33.0 Å². The van der Waals surface area contributed by atoms with Gasteiger partial charge in [-0.1, -0.05) is 6.07 Å². The fourth-order valence-electron chi connectivity index (χ4n) is 5.05. The highest BCUT2D eigenvalue weighted by atomic mass is 16.5. The number of carbonyl (C=O) groups excluding carboxylic acids is 2. The first-order chi connectivity index (χ1) is 21.5. The van der Waals surface area contributed by atoms with Gasteiger partial charge < -0.3 is 33.6 Å². The third-order valence-corrected chi connectivity index (χ3v) is 7.39. The molecule has 0 radical (unpaired) electrons. The van der Waals surface area contributed by atoms with Gasteiger partial charge in [-0.2, -0.15) is 4.80 Å². The van der Waals surface area contributed by atoms with Crippen LogP contribution in [0.1, 0.15) is 30.2 Å². The molecule has 0 aliphatic carbocycles. The number of nitrogens with zero attached hydrogens (tertiary/aromatic N) is 5. The van der Waals surface area contributed by atoms with Crippen LogP contribution in [0.5, 0.6) is 17.2 Å². The third-order valence-electron chi connectivity index (χ3n) is 7.39. The van der Waals surface area contributed by atoms with E-state index in [0.717, 1.165) is 24.0 Å². The highest BCUT2D eigenvalue weighted by Crippen LogP contribution is 2.29. The Bertz CT molecular complexity index is 1520. The van der Waals surface area contributed by atoms with Gasteiger partial charge in [0.2, 0.25) is 11.7 Å². The molecule has 2 amide bonds. The van der Waals surface area contributed by atoms with Crippen molar-refractivity contribution in [2.24, 2.45) is 0 Å². The Balaban J connectivity index is 1.39. The SMILES string of the molecule is COc1ccc(-c2nnn(CC(=O)N(CCc3ccc(OC)c(OC)c3)[C@H](C(=O)NC[C@H]3CCCO3)c3ccco3)n2)cc1. The number of tetrazole rings is 1. The number of aromatic nitrogens is 4. The number of furan rings is 1. The quantitative estimate of drug-likeness (QED) is 0.228. The molecule has 1 aliphatic rings. The van der Waals surface area contributed by atoms with Gasteiger partial charge in [-0.3, -0.25) is 9.59 Å². The Labute approximate surface area is 255 Å². The number of ether oxygens (including phenoxy) is 4. The summed E-state index contributed by atoms with van der Waals surface area (Å²) >= 11 is 0. The zero-order chi connectivity index (χ0) is 30.9. The predicted octanol–water partition coefficient (Wildman–Crippen LogP) is 3.07. The van der Waals surface area contributed by atoms with Crippen molar-refractivity contribution in [3.8, 4) is 28.6 Å². The van der Waals surface area contributed by atoms with Gasteiger partial charge in [0.15, 0.2) is 17.5 Å². The monoisotopic (exact) mass is 604 g/mol. The second-order valence-corrected chi connectivity index (χ2v) is 10.2. The second kappa shape index (κ2) is 14.5. The summed E-state index contributed by atoms with van der Waals surface area (Å²) in [5, 5.41) is 15.6. The molecule has 4 aromatic rings. The van der Waals surface area contributed by atoms with Crippen LogP contribution in [0.25, 0.3) is 11.4 Å². The van der Waals surface area contributed by atoms with Gasteiger partial charge >= 0.3 is 0 Å². The van der Waals surface area contributed by atoms with Crippen LogP contribution in [0, 0.1) is 0 Å². The van der Waals surface area contributed by atoms with Crippen LogP contribution in [-0.4, -0.2) is 84.1 Å². The van der Waals surface area contributed by atoms with Crippen LogP contribution in [0.4, 0.5) is 0 Å². The molecule has 0 spiro atoms. The summed E-state index contributed by atoms with van der Waals surface area (Å²) in [6.07, 6.45) is 3.64. The summed E-state index contributed by atoms with van der Waals surface area (Å²) in [7, 11) is 4.72. The first-order valence-corrected chi connectivity index (χ1v) is 14.3. The van der Waals surface area contributed by atoms with Crippen LogP contribution in [0.2, 0.25) is 0 Å². The van der Waals surface area contributed by atoms with E-state index in [9.17, 15) is 9.59 Å². The lowest BCUT2D eigenvalue weighted by atomic mass is 10.1. The van der Waals surface area contributed by atoms with E-state index in [1.54, 1.807) is 51.7 Å². The first-order valence-electron chi connectivity index (χ1n) is 14.3. The van der Waals surface area contributed by atoms with Crippen LogP contribution in [0.15, 0.2) is 65.3 Å². The van der Waals surface area contributed by atoms with Gasteiger partial charge in [-0.05, 0) is 78.6 Å². The molecule has 5 rings (SSSR count). The minimum Gasteiger partial charge on any atom is -0.497 e. The topological polar surface area (TPSA) is 143 Å². The summed E-state index contributed by atoms with van der Waals surface area (Å²) in [4.78, 5) is 30.4. The number of carbonyl (C=O) groups is 2. The summed E-state index contributed by atoms with van der Waals surface area (Å²) in [6, 6.07) is 15.1. The number of hydrogen-bond donors (Lipinski definition) is 1. The summed E-state index contributed by atoms with van der Waals surface area (Å²) in [5.41, 5.74) is 1.61. The first kappa shape index (κ1) is 30.5. The van der Waals surface area contributed by atoms with E-state index in [-0.39, 0.29) is 25.1 Å². The van der Waals surface area contributed by atoms with E-state index >= 15 is 0 Å². The second-order valence-electron chi connectivity index (χ2n) is 10.2. The maximum Gasteiger partial charge on any atom is 0.250 e. The number of methoxy groups -OCH3 is 3. The highest BCUT2D eigenvalue weighted by Gasteiger charge is 2.34. The summed E-state index contributed by atoms with van der Waals surface area (Å²) in [5.74, 6) is 1.78. The van der Waals surface area contributed by atoms with Crippen molar-refractivity contribution in [3.05, 3.63) is 72.2 Å². The molecule has 13 heteroatoms. The van der Waals surface area contributed by atoms with Crippen molar-refractivity contribution in [2.75, 3.05) is 41.0 Å². The van der Waals surface area contributed by atoms with Crippen LogP contribution < -0.4 is 19.5 Å². The molecule has 1 saturated heterocycles. The molecule has 0 unspecified atom stereocenters. The lowest BCUT2D eigenvalue weighted by Gasteiger charge is -2.30. The van der Waals surface area contributed by atoms with Gasteiger partial charge in [0.1, 0.15) is 18.1 Å². The molecular formula is C31H36N6O7. The smallest absolute Gasteiger partial charge is 0.250 e. The minimum absolute atomic E-state index is 0.0668. The number of benzene rings is 2. The Morgan fingerprint density at radius 2 is 1.89 bits per heavy atom. The fourth-order valence-corrected chi connectivity index (χ4v) is 5.05. The molecule has 2 aromatic heterocycles. The fraction of sp³-hybridized carbons (Fsp3) is 0.387. The zero-order valence-corrected chi connectivity index (χ0v) is 25.0. The molecule has 1 fully saturated rings. The molecule has 2 atom stereocenters. The van der Waals surface area contributed by atoms with Crippen LogP contribution in [0.3, 0.4) is 0 Å². The number of rotatable bonds is 14. The molecule has 1 N–H and O–H groups in total. The van der Waals surface area contributed by atoms with Crippen molar-refractivity contribution in [3.63, 3.8) is 0 Å².